The van der Waals surface area contributed by atoms with Gasteiger partial charge in [0.1, 0.15) is 0 Å². The number of hydrogen-bond acceptors (Lipinski definition) is 4. The third-order valence-electron chi connectivity index (χ3n) is 2.71. The molecule has 4 heteroatoms. The Bertz CT molecular complexity index is 187. The van der Waals surface area contributed by atoms with E-state index in [9.17, 15) is 4.79 Å². The number of nitrogens with one attached hydrogen (secondary N) is 1. The van der Waals surface area contributed by atoms with Gasteiger partial charge >= 0.3 is 5.97 Å². The van der Waals surface area contributed by atoms with Crippen molar-refractivity contribution in [2.75, 3.05) is 19.9 Å². The topological polar surface area (TPSA) is 38.3 Å². The van der Waals surface area contributed by atoms with Gasteiger partial charge in [-0.2, -0.15) is 11.8 Å². The Balaban J connectivity index is 2.05. The van der Waals surface area contributed by atoms with Crippen molar-refractivity contribution in [2.45, 2.75) is 37.0 Å². The smallest absolute Gasteiger partial charge is 0.306 e. The standard InChI is InChI=1S/C10H19NO2S/c1-13-10(12)5-6-11-8-3-4-9(7-8)14-2/h8-9,11H,3-7H2,1-2H3. The van der Waals surface area contributed by atoms with E-state index in [0.29, 0.717) is 12.5 Å². The highest BCUT2D eigenvalue weighted by molar-refractivity contribution is 7.99. The van der Waals surface area contributed by atoms with Gasteiger partial charge in [-0.3, -0.25) is 4.79 Å². The van der Waals surface area contributed by atoms with Crippen LogP contribution in [0.4, 0.5) is 0 Å². The summed E-state index contributed by atoms with van der Waals surface area (Å²) in [7, 11) is 1.43. The second-order valence-corrected chi connectivity index (χ2v) is 4.79. The highest BCUT2D eigenvalue weighted by atomic mass is 32.2. The van der Waals surface area contributed by atoms with Crippen molar-refractivity contribution in [3.05, 3.63) is 0 Å². The summed E-state index contributed by atoms with van der Waals surface area (Å²) < 4.78 is 4.57. The Morgan fingerprint density at radius 1 is 1.57 bits per heavy atom. The number of carbonyl (C=O) groups excluding carboxylic acids is 1. The molecule has 14 heavy (non-hydrogen) atoms. The summed E-state index contributed by atoms with van der Waals surface area (Å²) in [5.41, 5.74) is 0. The second kappa shape index (κ2) is 6.30. The van der Waals surface area contributed by atoms with Crippen LogP contribution in [0.25, 0.3) is 0 Å². The van der Waals surface area contributed by atoms with Crippen molar-refractivity contribution < 1.29 is 9.53 Å². The molecule has 0 aromatic carbocycles. The molecule has 1 aliphatic carbocycles. The van der Waals surface area contributed by atoms with Gasteiger partial charge in [-0.15, -0.1) is 0 Å². The van der Waals surface area contributed by atoms with Gasteiger partial charge in [-0.25, -0.2) is 0 Å². The lowest BCUT2D eigenvalue weighted by Gasteiger charge is -2.11. The molecule has 1 rings (SSSR count). The lowest BCUT2D eigenvalue weighted by Crippen LogP contribution is -2.29. The van der Waals surface area contributed by atoms with Crippen molar-refractivity contribution in [1.29, 1.82) is 0 Å². The fourth-order valence-electron chi connectivity index (χ4n) is 1.82. The van der Waals surface area contributed by atoms with Gasteiger partial charge < -0.3 is 10.1 Å². The summed E-state index contributed by atoms with van der Waals surface area (Å²) in [4.78, 5) is 10.8. The van der Waals surface area contributed by atoms with Gasteiger partial charge in [0.05, 0.1) is 13.5 Å². The van der Waals surface area contributed by atoms with Crippen molar-refractivity contribution >= 4 is 17.7 Å². The highest BCUT2D eigenvalue weighted by Gasteiger charge is 2.23. The van der Waals surface area contributed by atoms with Crippen LogP contribution in [0, 0.1) is 0 Å². The molecule has 0 amide bonds. The molecule has 0 saturated heterocycles. The van der Waals surface area contributed by atoms with Gasteiger partial charge in [-0.1, -0.05) is 0 Å². The lowest BCUT2D eigenvalue weighted by molar-refractivity contribution is -0.140. The molecular weight excluding hydrogens is 198 g/mol. The maximum atomic E-state index is 10.8. The molecular formula is C10H19NO2S. The monoisotopic (exact) mass is 217 g/mol. The van der Waals surface area contributed by atoms with E-state index in [0.717, 1.165) is 11.8 Å². The minimum Gasteiger partial charge on any atom is -0.469 e. The molecule has 0 aliphatic heterocycles. The number of esters is 1. The van der Waals surface area contributed by atoms with Crippen LogP contribution in [-0.4, -0.2) is 37.2 Å². The average Bonchev–Trinajstić information content (AvgIpc) is 2.65. The van der Waals surface area contributed by atoms with Crippen molar-refractivity contribution in [3.8, 4) is 0 Å². The van der Waals surface area contributed by atoms with E-state index >= 15 is 0 Å². The molecule has 1 fully saturated rings. The fourth-order valence-corrected chi connectivity index (χ4v) is 2.62. The normalized spacial score (nSPS) is 26.4. The Kier molecular flexibility index (Phi) is 5.33. The summed E-state index contributed by atoms with van der Waals surface area (Å²) >= 11 is 1.95. The van der Waals surface area contributed by atoms with Gasteiger partial charge in [0.15, 0.2) is 0 Å². The fraction of sp³-hybridized carbons (Fsp3) is 0.900. The summed E-state index contributed by atoms with van der Waals surface area (Å²) in [5.74, 6) is -0.128. The first-order valence-electron chi connectivity index (χ1n) is 5.09. The van der Waals surface area contributed by atoms with Crippen LogP contribution in [-0.2, 0) is 9.53 Å². The van der Waals surface area contributed by atoms with Crippen LogP contribution in [0.5, 0.6) is 0 Å². The lowest BCUT2D eigenvalue weighted by atomic mass is 10.2. The van der Waals surface area contributed by atoms with Crippen molar-refractivity contribution in [2.24, 2.45) is 0 Å². The number of thioether (sulfide) groups is 1. The second-order valence-electron chi connectivity index (χ2n) is 3.65. The van der Waals surface area contributed by atoms with Gasteiger partial charge in [0.25, 0.3) is 0 Å². The molecule has 0 radical (unpaired) electrons. The molecule has 2 atom stereocenters. The third-order valence-corrected chi connectivity index (χ3v) is 3.80. The van der Waals surface area contributed by atoms with Gasteiger partial charge in [0.2, 0.25) is 0 Å². The highest BCUT2D eigenvalue weighted by Crippen LogP contribution is 2.27. The van der Waals surface area contributed by atoms with E-state index in [2.05, 4.69) is 16.3 Å². The molecule has 0 aromatic rings. The molecule has 82 valence electrons. The van der Waals surface area contributed by atoms with E-state index in [1.165, 1.54) is 26.4 Å². The summed E-state index contributed by atoms with van der Waals surface area (Å²) in [6.45, 7) is 0.748. The van der Waals surface area contributed by atoms with Gasteiger partial charge in [-0.05, 0) is 25.5 Å². The maximum Gasteiger partial charge on any atom is 0.306 e. The van der Waals surface area contributed by atoms with E-state index in [4.69, 9.17) is 0 Å². The first kappa shape index (κ1) is 11.9. The number of carbonyl (C=O) groups is 1. The zero-order valence-electron chi connectivity index (χ0n) is 8.91. The van der Waals surface area contributed by atoms with E-state index in [1.807, 2.05) is 11.8 Å². The molecule has 1 aliphatic rings. The number of methoxy groups -OCH3 is 1. The predicted molar refractivity (Wildman–Crippen MR) is 59.6 cm³/mol. The van der Waals surface area contributed by atoms with E-state index < -0.39 is 0 Å². The summed E-state index contributed by atoms with van der Waals surface area (Å²) in [5, 5.41) is 4.21. The number of ether oxygens (including phenoxy) is 1. The number of rotatable bonds is 5. The Morgan fingerprint density at radius 2 is 2.36 bits per heavy atom. The first-order valence-corrected chi connectivity index (χ1v) is 6.38. The van der Waals surface area contributed by atoms with Crippen LogP contribution in [0.15, 0.2) is 0 Å². The van der Waals surface area contributed by atoms with Crippen LogP contribution < -0.4 is 5.32 Å². The van der Waals surface area contributed by atoms with Crippen LogP contribution in [0.2, 0.25) is 0 Å². The van der Waals surface area contributed by atoms with Crippen molar-refractivity contribution in [3.63, 3.8) is 0 Å². The Hall–Kier alpha value is -0.220. The maximum absolute atomic E-state index is 10.8. The summed E-state index contributed by atoms with van der Waals surface area (Å²) in [6, 6.07) is 0.608. The third kappa shape index (κ3) is 3.88. The quantitative estimate of drug-likeness (QED) is 0.707. The molecule has 3 nitrogen and oxygen atoms in total. The average molecular weight is 217 g/mol. The molecule has 2 unspecified atom stereocenters. The Morgan fingerprint density at radius 3 is 2.93 bits per heavy atom. The predicted octanol–water partition coefficient (Wildman–Crippen LogP) is 1.42. The van der Waals surface area contributed by atoms with Crippen LogP contribution in [0.3, 0.4) is 0 Å². The van der Waals surface area contributed by atoms with Crippen LogP contribution >= 0.6 is 11.8 Å². The molecule has 0 spiro atoms. The minimum atomic E-state index is -0.128. The van der Waals surface area contributed by atoms with Crippen LogP contribution in [0.1, 0.15) is 25.7 Å². The molecule has 0 bridgehead atoms. The van der Waals surface area contributed by atoms with Gasteiger partial charge in [0, 0.05) is 17.8 Å². The largest absolute Gasteiger partial charge is 0.469 e. The summed E-state index contributed by atoms with van der Waals surface area (Å²) in [6.07, 6.45) is 6.44. The molecule has 1 N–H and O–H groups in total. The zero-order chi connectivity index (χ0) is 10.4. The minimum absolute atomic E-state index is 0.128. The Labute approximate surface area is 90.0 Å². The number of hydrogen-bond donors (Lipinski definition) is 1. The van der Waals surface area contributed by atoms with E-state index in [-0.39, 0.29) is 5.97 Å². The molecule has 1 saturated carbocycles. The molecule has 0 heterocycles. The molecule has 0 aromatic heterocycles. The first-order chi connectivity index (χ1) is 6.76. The van der Waals surface area contributed by atoms with Crippen molar-refractivity contribution in [1.82, 2.24) is 5.32 Å². The SMILES string of the molecule is COC(=O)CCNC1CCC(SC)C1. The van der Waals surface area contributed by atoms with E-state index in [1.54, 1.807) is 0 Å². The zero-order valence-corrected chi connectivity index (χ0v) is 9.73.